The van der Waals surface area contributed by atoms with Crippen molar-refractivity contribution in [3.8, 4) is 0 Å². The van der Waals surface area contributed by atoms with Crippen LogP contribution in [0.5, 0.6) is 0 Å². The lowest BCUT2D eigenvalue weighted by Gasteiger charge is -2.22. The van der Waals surface area contributed by atoms with E-state index in [-0.39, 0.29) is 5.60 Å². The third kappa shape index (κ3) is 2.93. The highest BCUT2D eigenvalue weighted by atomic mass is 16.5. The molecule has 1 aliphatic carbocycles. The lowest BCUT2D eigenvalue weighted by atomic mass is 10.0. The molecule has 0 spiro atoms. The molecule has 3 rings (SSSR count). The van der Waals surface area contributed by atoms with Crippen molar-refractivity contribution in [3.05, 3.63) is 41.5 Å². The first kappa shape index (κ1) is 14.1. The molecule has 5 heteroatoms. The summed E-state index contributed by atoms with van der Waals surface area (Å²) < 4.78 is 11.1. The molecule has 1 aliphatic rings. The first-order valence-corrected chi connectivity index (χ1v) is 7.44. The number of nitrogen functional groups attached to an aromatic ring is 1. The normalized spacial score (nSPS) is 17.2. The fourth-order valence-electron chi connectivity index (χ4n) is 3.01. The van der Waals surface area contributed by atoms with Crippen molar-refractivity contribution in [2.45, 2.75) is 44.1 Å². The van der Waals surface area contributed by atoms with E-state index in [1.54, 1.807) is 7.11 Å². The van der Waals surface area contributed by atoms with Crippen molar-refractivity contribution < 1.29 is 9.26 Å². The van der Waals surface area contributed by atoms with Gasteiger partial charge in [-0.25, -0.2) is 0 Å². The van der Waals surface area contributed by atoms with Crippen LogP contribution in [0.1, 0.15) is 43.0 Å². The molecule has 21 heavy (non-hydrogen) atoms. The highest BCUT2D eigenvalue weighted by Gasteiger charge is 2.40. The molecule has 1 fully saturated rings. The van der Waals surface area contributed by atoms with Gasteiger partial charge in [-0.2, -0.15) is 4.98 Å². The minimum absolute atomic E-state index is 0.334. The van der Waals surface area contributed by atoms with Crippen LogP contribution in [0.4, 0.5) is 5.69 Å². The zero-order chi connectivity index (χ0) is 14.7. The van der Waals surface area contributed by atoms with E-state index in [2.05, 4.69) is 16.2 Å². The van der Waals surface area contributed by atoms with Gasteiger partial charge >= 0.3 is 0 Å². The predicted molar refractivity (Wildman–Crippen MR) is 79.7 cm³/mol. The second-order valence-corrected chi connectivity index (χ2v) is 5.66. The highest BCUT2D eigenvalue weighted by molar-refractivity contribution is 5.40. The first-order valence-electron chi connectivity index (χ1n) is 7.44. The number of hydrogen-bond acceptors (Lipinski definition) is 5. The third-order valence-corrected chi connectivity index (χ3v) is 4.26. The number of rotatable bonds is 5. The molecule has 112 valence electrons. The average Bonchev–Trinajstić information content (AvgIpc) is 3.15. The summed E-state index contributed by atoms with van der Waals surface area (Å²) in [4.78, 5) is 4.54. The molecular weight excluding hydrogens is 266 g/mol. The van der Waals surface area contributed by atoms with Gasteiger partial charge < -0.3 is 15.0 Å². The Morgan fingerprint density at radius 2 is 2.10 bits per heavy atom. The number of ether oxygens (including phenoxy) is 1. The Bertz CT molecular complexity index is 603. The quantitative estimate of drug-likeness (QED) is 0.856. The Labute approximate surface area is 124 Å². The first-order chi connectivity index (χ1) is 10.2. The van der Waals surface area contributed by atoms with Crippen LogP contribution in [0.15, 0.2) is 28.8 Å². The second-order valence-electron chi connectivity index (χ2n) is 5.66. The molecule has 0 unspecified atom stereocenters. The number of benzene rings is 1. The maximum absolute atomic E-state index is 5.78. The molecular formula is C16H21N3O2. The Balaban J connectivity index is 1.68. The van der Waals surface area contributed by atoms with Crippen LogP contribution in [-0.2, 0) is 23.2 Å². The summed E-state index contributed by atoms with van der Waals surface area (Å²) >= 11 is 0. The van der Waals surface area contributed by atoms with Crippen molar-refractivity contribution in [2.75, 3.05) is 12.8 Å². The third-order valence-electron chi connectivity index (χ3n) is 4.26. The maximum Gasteiger partial charge on any atom is 0.227 e. The molecule has 0 radical (unpaired) electrons. The van der Waals surface area contributed by atoms with Gasteiger partial charge in [0.05, 0.1) is 0 Å². The van der Waals surface area contributed by atoms with Gasteiger partial charge in [-0.1, -0.05) is 17.3 Å². The number of hydrogen-bond donors (Lipinski definition) is 1. The molecule has 0 aliphatic heterocycles. The lowest BCUT2D eigenvalue weighted by molar-refractivity contribution is -0.0178. The van der Waals surface area contributed by atoms with Crippen LogP contribution >= 0.6 is 0 Å². The maximum atomic E-state index is 5.78. The van der Waals surface area contributed by atoms with E-state index in [0.717, 1.165) is 44.2 Å². The average molecular weight is 287 g/mol. The topological polar surface area (TPSA) is 74.2 Å². The van der Waals surface area contributed by atoms with Gasteiger partial charge in [-0.15, -0.1) is 0 Å². The molecule has 0 amide bonds. The van der Waals surface area contributed by atoms with Crippen LogP contribution < -0.4 is 5.73 Å². The Kier molecular flexibility index (Phi) is 3.92. The van der Waals surface area contributed by atoms with Crippen molar-refractivity contribution >= 4 is 5.69 Å². The summed E-state index contributed by atoms with van der Waals surface area (Å²) in [7, 11) is 1.73. The fraction of sp³-hybridized carbons (Fsp3) is 0.500. The fourth-order valence-corrected chi connectivity index (χ4v) is 3.01. The molecule has 1 aromatic carbocycles. The van der Waals surface area contributed by atoms with Crippen LogP contribution in [0.3, 0.4) is 0 Å². The summed E-state index contributed by atoms with van der Waals surface area (Å²) in [5, 5.41) is 4.14. The van der Waals surface area contributed by atoms with Gasteiger partial charge in [0, 0.05) is 19.2 Å². The number of nitrogens with two attached hydrogens (primary N) is 1. The molecule has 0 atom stereocenters. The molecule has 1 saturated carbocycles. The zero-order valence-electron chi connectivity index (χ0n) is 12.3. The number of anilines is 1. The molecule has 5 nitrogen and oxygen atoms in total. The summed E-state index contributed by atoms with van der Waals surface area (Å²) in [6.45, 7) is 0. The number of nitrogens with zero attached hydrogens (tertiary/aromatic N) is 2. The molecule has 1 heterocycles. The van der Waals surface area contributed by atoms with Crippen LogP contribution in [0, 0.1) is 0 Å². The molecule has 2 aromatic rings. The van der Waals surface area contributed by atoms with Gasteiger partial charge in [0.1, 0.15) is 5.60 Å². The summed E-state index contributed by atoms with van der Waals surface area (Å²) in [6.07, 6.45) is 5.81. The minimum Gasteiger partial charge on any atom is -0.399 e. The monoisotopic (exact) mass is 287 g/mol. The van der Waals surface area contributed by atoms with Gasteiger partial charge in [0.15, 0.2) is 0 Å². The van der Waals surface area contributed by atoms with E-state index < -0.39 is 0 Å². The summed E-state index contributed by atoms with van der Waals surface area (Å²) in [6, 6.07) is 7.88. The summed E-state index contributed by atoms with van der Waals surface area (Å²) in [5.41, 5.74) is 7.41. The molecule has 2 N–H and O–H groups in total. The standard InChI is InChI=1S/C16H21N3O2/c1-20-16(9-2-3-10-16)15-18-14(21-19-15)8-7-12-5-4-6-13(17)11-12/h4-6,11H,2-3,7-10,17H2,1H3. The van der Waals surface area contributed by atoms with Crippen LogP contribution in [0.2, 0.25) is 0 Å². The van der Waals surface area contributed by atoms with Crippen molar-refractivity contribution in [3.63, 3.8) is 0 Å². The summed E-state index contributed by atoms with van der Waals surface area (Å²) in [5.74, 6) is 1.36. The van der Waals surface area contributed by atoms with E-state index in [9.17, 15) is 0 Å². The Hall–Kier alpha value is -1.88. The molecule has 1 aromatic heterocycles. The molecule has 0 bridgehead atoms. The van der Waals surface area contributed by atoms with Gasteiger partial charge in [-0.3, -0.25) is 0 Å². The smallest absolute Gasteiger partial charge is 0.227 e. The van der Waals surface area contributed by atoms with E-state index in [1.807, 2.05) is 18.2 Å². The largest absolute Gasteiger partial charge is 0.399 e. The lowest BCUT2D eigenvalue weighted by Crippen LogP contribution is -2.26. The zero-order valence-corrected chi connectivity index (χ0v) is 12.3. The van der Waals surface area contributed by atoms with Gasteiger partial charge in [-0.05, 0) is 49.8 Å². The second kappa shape index (κ2) is 5.85. The SMILES string of the molecule is COC1(c2noc(CCc3cccc(N)c3)n2)CCCC1. The highest BCUT2D eigenvalue weighted by Crippen LogP contribution is 2.40. The molecule has 0 saturated heterocycles. The minimum atomic E-state index is -0.334. The van der Waals surface area contributed by atoms with Crippen LogP contribution in [0.25, 0.3) is 0 Å². The number of methoxy groups -OCH3 is 1. The number of aromatic nitrogens is 2. The van der Waals surface area contributed by atoms with E-state index in [4.69, 9.17) is 15.0 Å². The van der Waals surface area contributed by atoms with Crippen LogP contribution in [-0.4, -0.2) is 17.3 Å². The van der Waals surface area contributed by atoms with E-state index >= 15 is 0 Å². The van der Waals surface area contributed by atoms with E-state index in [0.29, 0.717) is 11.7 Å². The Morgan fingerprint density at radius 1 is 1.29 bits per heavy atom. The van der Waals surface area contributed by atoms with E-state index in [1.165, 1.54) is 5.56 Å². The van der Waals surface area contributed by atoms with Crippen molar-refractivity contribution in [1.29, 1.82) is 0 Å². The van der Waals surface area contributed by atoms with Crippen molar-refractivity contribution in [1.82, 2.24) is 10.1 Å². The van der Waals surface area contributed by atoms with Gasteiger partial charge in [0.25, 0.3) is 0 Å². The van der Waals surface area contributed by atoms with Crippen molar-refractivity contribution in [2.24, 2.45) is 0 Å². The Morgan fingerprint density at radius 3 is 2.81 bits per heavy atom. The number of aryl methyl sites for hydroxylation is 2. The van der Waals surface area contributed by atoms with Gasteiger partial charge in [0.2, 0.25) is 11.7 Å². The predicted octanol–water partition coefficient (Wildman–Crippen LogP) is 2.85.